The first kappa shape index (κ1) is 26.2. The maximum Gasteiger partial charge on any atom is 0.407 e. The Bertz CT molecular complexity index is 963. The molecule has 8 heteroatoms. The molecule has 0 spiro atoms. The number of unbranched alkanes of at least 4 members (excludes halogenated alkanes) is 1. The molecule has 1 atom stereocenters. The molecule has 0 bridgehead atoms. The molecule has 8 nitrogen and oxygen atoms in total. The summed E-state index contributed by atoms with van der Waals surface area (Å²) in [5.41, 5.74) is 4.63. The lowest BCUT2D eigenvalue weighted by Gasteiger charge is -2.20. The molecule has 0 saturated carbocycles. The number of carbonyl (C=O) groups is 3. The summed E-state index contributed by atoms with van der Waals surface area (Å²) in [5, 5.41) is 14.2. The predicted octanol–water partition coefficient (Wildman–Crippen LogP) is 4.08. The van der Waals surface area contributed by atoms with Crippen molar-refractivity contribution in [3.05, 3.63) is 59.7 Å². The molecule has 2 aromatic rings. The van der Waals surface area contributed by atoms with Crippen molar-refractivity contribution in [1.82, 2.24) is 10.6 Å². The van der Waals surface area contributed by atoms with Gasteiger partial charge in [-0.2, -0.15) is 0 Å². The zero-order chi connectivity index (χ0) is 25.0. The highest BCUT2D eigenvalue weighted by Gasteiger charge is 2.29. The fraction of sp³-hybridized carbons (Fsp3) is 0.444. The van der Waals surface area contributed by atoms with Crippen molar-refractivity contribution in [3.8, 4) is 11.1 Å². The first-order valence-electron chi connectivity index (χ1n) is 12.2. The molecule has 0 unspecified atom stereocenters. The zero-order valence-electron chi connectivity index (χ0n) is 20.1. The second kappa shape index (κ2) is 13.5. The van der Waals surface area contributed by atoms with E-state index in [2.05, 4.69) is 41.8 Å². The van der Waals surface area contributed by atoms with Crippen LogP contribution in [-0.4, -0.2) is 55.5 Å². The number of benzene rings is 2. The number of rotatable bonds is 14. The van der Waals surface area contributed by atoms with Gasteiger partial charge in [-0.3, -0.25) is 9.59 Å². The Kier molecular flexibility index (Phi) is 10.1. The van der Waals surface area contributed by atoms with Gasteiger partial charge in [-0.1, -0.05) is 68.3 Å². The van der Waals surface area contributed by atoms with Gasteiger partial charge in [0.05, 0.1) is 19.6 Å². The third-order valence-electron chi connectivity index (χ3n) is 6.03. The molecule has 2 aromatic carbocycles. The minimum Gasteiger partial charge on any atom is -0.481 e. The third kappa shape index (κ3) is 7.82. The molecule has 0 heterocycles. The van der Waals surface area contributed by atoms with E-state index >= 15 is 0 Å². The molecule has 188 valence electrons. The third-order valence-corrected chi connectivity index (χ3v) is 6.03. The number of carboxylic acids is 1. The Labute approximate surface area is 206 Å². The standard InChI is InChI=1S/C27H34N2O6/c1-2-3-8-19(17-25(30)28-14-16-34-15-13-26(31)32)29-27(33)35-18-24-22-11-6-4-9-20(22)21-10-5-7-12-23(21)24/h4-7,9-12,19,24H,2-3,8,13-18H2,1H3,(H,28,30)(H,29,33)(H,31,32)/t19-/m0/s1. The topological polar surface area (TPSA) is 114 Å². The van der Waals surface area contributed by atoms with Gasteiger partial charge in [0.2, 0.25) is 5.91 Å². The zero-order valence-corrected chi connectivity index (χ0v) is 20.1. The summed E-state index contributed by atoms with van der Waals surface area (Å²) < 4.78 is 10.8. The van der Waals surface area contributed by atoms with E-state index in [4.69, 9.17) is 14.6 Å². The minimum atomic E-state index is -0.924. The van der Waals surface area contributed by atoms with E-state index in [1.807, 2.05) is 24.3 Å². The number of carboxylic acid groups (broad SMARTS) is 1. The number of hydrogen-bond donors (Lipinski definition) is 3. The monoisotopic (exact) mass is 482 g/mol. The summed E-state index contributed by atoms with van der Waals surface area (Å²) in [7, 11) is 0. The van der Waals surface area contributed by atoms with Crippen LogP contribution in [0.25, 0.3) is 11.1 Å². The van der Waals surface area contributed by atoms with Crippen molar-refractivity contribution in [2.24, 2.45) is 0 Å². The summed E-state index contributed by atoms with van der Waals surface area (Å²) in [4.78, 5) is 35.4. The van der Waals surface area contributed by atoms with Crippen molar-refractivity contribution in [1.29, 1.82) is 0 Å². The van der Waals surface area contributed by atoms with E-state index in [9.17, 15) is 14.4 Å². The van der Waals surface area contributed by atoms with Gasteiger partial charge in [-0.15, -0.1) is 0 Å². The molecular formula is C27H34N2O6. The van der Waals surface area contributed by atoms with Crippen LogP contribution in [0.1, 0.15) is 56.1 Å². The number of fused-ring (bicyclic) bond motifs is 3. The van der Waals surface area contributed by atoms with Crippen LogP contribution in [0.5, 0.6) is 0 Å². The molecule has 3 N–H and O–H groups in total. The van der Waals surface area contributed by atoms with Crippen molar-refractivity contribution in [2.75, 3.05) is 26.4 Å². The van der Waals surface area contributed by atoms with E-state index in [-0.39, 0.29) is 57.1 Å². The Morgan fingerprint density at radius 1 is 1.00 bits per heavy atom. The molecule has 0 saturated heterocycles. The largest absolute Gasteiger partial charge is 0.481 e. The van der Waals surface area contributed by atoms with Crippen LogP contribution >= 0.6 is 0 Å². The number of amides is 2. The number of nitrogens with one attached hydrogen (secondary N) is 2. The Morgan fingerprint density at radius 3 is 2.29 bits per heavy atom. The van der Waals surface area contributed by atoms with Crippen LogP contribution in [0, 0.1) is 0 Å². The second-order valence-corrected chi connectivity index (χ2v) is 8.62. The molecular weight excluding hydrogens is 448 g/mol. The summed E-state index contributed by atoms with van der Waals surface area (Å²) in [6, 6.07) is 16.0. The average molecular weight is 483 g/mol. The molecule has 0 aromatic heterocycles. The summed E-state index contributed by atoms with van der Waals surface area (Å²) in [6.07, 6.45) is 2.03. The highest BCUT2D eigenvalue weighted by Crippen LogP contribution is 2.44. The van der Waals surface area contributed by atoms with Crippen LogP contribution in [0.3, 0.4) is 0 Å². The fourth-order valence-electron chi connectivity index (χ4n) is 4.30. The lowest BCUT2D eigenvalue weighted by atomic mass is 9.98. The quantitative estimate of drug-likeness (QED) is 0.350. The molecule has 0 aliphatic heterocycles. The van der Waals surface area contributed by atoms with E-state index in [0.29, 0.717) is 6.42 Å². The van der Waals surface area contributed by atoms with E-state index in [1.165, 1.54) is 11.1 Å². The molecule has 2 amide bonds. The first-order chi connectivity index (χ1) is 17.0. The normalized spacial score (nSPS) is 12.9. The van der Waals surface area contributed by atoms with Crippen LogP contribution in [0.2, 0.25) is 0 Å². The Morgan fingerprint density at radius 2 is 1.66 bits per heavy atom. The number of carbonyl (C=O) groups excluding carboxylic acids is 2. The molecule has 0 radical (unpaired) electrons. The predicted molar refractivity (Wildman–Crippen MR) is 132 cm³/mol. The van der Waals surface area contributed by atoms with Gasteiger partial charge in [0.15, 0.2) is 0 Å². The fourth-order valence-corrected chi connectivity index (χ4v) is 4.30. The average Bonchev–Trinajstić information content (AvgIpc) is 3.17. The van der Waals surface area contributed by atoms with Crippen molar-refractivity contribution >= 4 is 18.0 Å². The van der Waals surface area contributed by atoms with Crippen molar-refractivity contribution in [2.45, 2.75) is 51.0 Å². The molecule has 35 heavy (non-hydrogen) atoms. The van der Waals surface area contributed by atoms with E-state index in [1.54, 1.807) is 0 Å². The summed E-state index contributed by atoms with van der Waals surface area (Å²) in [6.45, 7) is 2.90. The van der Waals surface area contributed by atoms with Crippen LogP contribution in [0.15, 0.2) is 48.5 Å². The maximum absolute atomic E-state index is 12.6. The van der Waals surface area contributed by atoms with Gasteiger partial charge in [0.25, 0.3) is 0 Å². The van der Waals surface area contributed by atoms with Crippen molar-refractivity contribution in [3.63, 3.8) is 0 Å². The highest BCUT2D eigenvalue weighted by atomic mass is 16.5. The SMILES string of the molecule is CCCC[C@@H](CC(=O)NCCOCCC(=O)O)NC(=O)OCC1c2ccccc2-c2ccccc21. The lowest BCUT2D eigenvalue weighted by Crippen LogP contribution is -2.40. The van der Waals surface area contributed by atoms with E-state index in [0.717, 1.165) is 24.0 Å². The Hall–Kier alpha value is -3.39. The van der Waals surface area contributed by atoms with Gasteiger partial charge in [-0.05, 0) is 28.7 Å². The first-order valence-corrected chi connectivity index (χ1v) is 12.2. The molecule has 1 aliphatic carbocycles. The second-order valence-electron chi connectivity index (χ2n) is 8.62. The minimum absolute atomic E-state index is 0.0216. The van der Waals surface area contributed by atoms with Gasteiger partial charge in [0, 0.05) is 24.9 Å². The van der Waals surface area contributed by atoms with Crippen LogP contribution < -0.4 is 10.6 Å². The van der Waals surface area contributed by atoms with Crippen LogP contribution in [0.4, 0.5) is 4.79 Å². The number of ether oxygens (including phenoxy) is 2. The Balaban J connectivity index is 1.48. The number of alkyl carbamates (subject to hydrolysis) is 1. The van der Waals surface area contributed by atoms with Gasteiger partial charge in [-0.25, -0.2) is 4.79 Å². The van der Waals surface area contributed by atoms with Gasteiger partial charge in [0.1, 0.15) is 6.61 Å². The maximum atomic E-state index is 12.6. The van der Waals surface area contributed by atoms with Gasteiger partial charge < -0.3 is 25.2 Å². The highest BCUT2D eigenvalue weighted by molar-refractivity contribution is 5.79. The number of hydrogen-bond acceptors (Lipinski definition) is 5. The van der Waals surface area contributed by atoms with Crippen molar-refractivity contribution < 1.29 is 29.0 Å². The summed E-state index contributed by atoms with van der Waals surface area (Å²) >= 11 is 0. The number of aliphatic carboxylic acids is 1. The molecule has 0 fully saturated rings. The van der Waals surface area contributed by atoms with E-state index < -0.39 is 12.1 Å². The smallest absolute Gasteiger partial charge is 0.407 e. The lowest BCUT2D eigenvalue weighted by molar-refractivity contribution is -0.138. The van der Waals surface area contributed by atoms with Gasteiger partial charge >= 0.3 is 12.1 Å². The molecule has 1 aliphatic rings. The summed E-state index contributed by atoms with van der Waals surface area (Å²) in [5.74, 6) is -1.15. The van der Waals surface area contributed by atoms with Crippen LogP contribution in [-0.2, 0) is 19.1 Å². The molecule has 3 rings (SSSR count).